The molecule has 2 rings (SSSR count). The minimum Gasteiger partial charge on any atom is -0.493 e. The fraction of sp³-hybridized carbons (Fsp3) is 0.588. The lowest BCUT2D eigenvalue weighted by Crippen LogP contribution is -2.45. The summed E-state index contributed by atoms with van der Waals surface area (Å²) in [5.74, 6) is 1.46. The van der Waals surface area contributed by atoms with E-state index in [0.717, 1.165) is 37.1 Å². The van der Waals surface area contributed by atoms with Crippen molar-refractivity contribution in [3.05, 3.63) is 23.3 Å². The zero-order valence-electron chi connectivity index (χ0n) is 13.9. The molecule has 0 unspecified atom stereocenters. The van der Waals surface area contributed by atoms with Crippen molar-refractivity contribution in [2.24, 2.45) is 0 Å². The van der Waals surface area contributed by atoms with Crippen LogP contribution in [-0.4, -0.2) is 37.7 Å². The molecular formula is C17H26N2O3. The highest BCUT2D eigenvalue weighted by Crippen LogP contribution is 2.33. The molecular weight excluding hydrogens is 280 g/mol. The Morgan fingerprint density at radius 3 is 2.50 bits per heavy atom. The summed E-state index contributed by atoms with van der Waals surface area (Å²) in [5, 5.41) is 3.06. The summed E-state index contributed by atoms with van der Waals surface area (Å²) in [6.45, 7) is 5.51. The molecule has 5 nitrogen and oxygen atoms in total. The van der Waals surface area contributed by atoms with Gasteiger partial charge in [0.25, 0.3) is 0 Å². The second kappa shape index (κ2) is 7.38. The minimum atomic E-state index is 0.0152. The molecule has 1 aromatic carbocycles. The first-order chi connectivity index (χ1) is 10.6. The molecule has 1 aliphatic heterocycles. The number of nitrogens with one attached hydrogen (secondary N) is 1. The first kappa shape index (κ1) is 16.5. The Morgan fingerprint density at radius 2 is 1.91 bits per heavy atom. The molecule has 5 heteroatoms. The van der Waals surface area contributed by atoms with Crippen LogP contribution in [0.2, 0.25) is 0 Å². The smallest absolute Gasteiger partial charge is 0.317 e. The van der Waals surface area contributed by atoms with Gasteiger partial charge in [-0.2, -0.15) is 0 Å². The third kappa shape index (κ3) is 3.64. The van der Waals surface area contributed by atoms with Crippen molar-refractivity contribution in [3.63, 3.8) is 0 Å². The van der Waals surface area contributed by atoms with Crippen molar-refractivity contribution in [2.75, 3.05) is 20.8 Å². The van der Waals surface area contributed by atoms with E-state index in [1.807, 2.05) is 24.0 Å². The van der Waals surface area contributed by atoms with Crippen LogP contribution < -0.4 is 14.8 Å². The number of amides is 2. The van der Waals surface area contributed by atoms with Crippen LogP contribution in [0.25, 0.3) is 0 Å². The summed E-state index contributed by atoms with van der Waals surface area (Å²) in [4.78, 5) is 14.2. The quantitative estimate of drug-likeness (QED) is 0.910. The maximum atomic E-state index is 12.3. The lowest BCUT2D eigenvalue weighted by molar-refractivity contribution is 0.188. The van der Waals surface area contributed by atoms with Gasteiger partial charge in [-0.25, -0.2) is 4.79 Å². The number of carbonyl (C=O) groups excluding carboxylic acids is 1. The summed E-state index contributed by atoms with van der Waals surface area (Å²) in [7, 11) is 3.27. The molecule has 0 aliphatic carbocycles. The molecule has 1 aliphatic rings. The van der Waals surface area contributed by atoms with Gasteiger partial charge in [0, 0.05) is 19.1 Å². The van der Waals surface area contributed by atoms with Crippen molar-refractivity contribution in [1.29, 1.82) is 0 Å². The van der Waals surface area contributed by atoms with E-state index in [0.29, 0.717) is 12.3 Å². The average Bonchev–Trinajstić information content (AvgIpc) is 2.52. The van der Waals surface area contributed by atoms with Gasteiger partial charge in [-0.15, -0.1) is 0 Å². The fourth-order valence-corrected chi connectivity index (χ4v) is 2.86. The topological polar surface area (TPSA) is 50.8 Å². The average molecular weight is 306 g/mol. The highest BCUT2D eigenvalue weighted by Gasteiger charge is 2.23. The van der Waals surface area contributed by atoms with E-state index >= 15 is 0 Å². The number of carbonyl (C=O) groups is 1. The van der Waals surface area contributed by atoms with E-state index < -0.39 is 0 Å². The Kier molecular flexibility index (Phi) is 5.52. The van der Waals surface area contributed by atoms with Crippen LogP contribution in [0, 0.1) is 0 Å². The molecule has 0 fully saturated rings. The number of urea groups is 1. The second-order valence-corrected chi connectivity index (χ2v) is 5.79. The van der Waals surface area contributed by atoms with Crippen molar-refractivity contribution < 1.29 is 14.3 Å². The van der Waals surface area contributed by atoms with E-state index in [1.165, 1.54) is 5.56 Å². The van der Waals surface area contributed by atoms with Crippen molar-refractivity contribution in [3.8, 4) is 11.5 Å². The zero-order chi connectivity index (χ0) is 16.1. The highest BCUT2D eigenvalue weighted by atomic mass is 16.5. The van der Waals surface area contributed by atoms with Crippen LogP contribution >= 0.6 is 0 Å². The number of ether oxygens (including phenoxy) is 2. The molecule has 1 N–H and O–H groups in total. The molecule has 0 radical (unpaired) electrons. The van der Waals surface area contributed by atoms with Gasteiger partial charge in [0.05, 0.1) is 14.2 Å². The summed E-state index contributed by atoms with van der Waals surface area (Å²) >= 11 is 0. The van der Waals surface area contributed by atoms with Gasteiger partial charge in [-0.05, 0) is 43.0 Å². The molecule has 1 atom stereocenters. The lowest BCUT2D eigenvalue weighted by atomic mass is 9.99. The van der Waals surface area contributed by atoms with E-state index in [9.17, 15) is 4.79 Å². The van der Waals surface area contributed by atoms with E-state index in [2.05, 4.69) is 12.2 Å². The number of benzene rings is 1. The van der Waals surface area contributed by atoms with Crippen LogP contribution in [0.4, 0.5) is 4.79 Å². The maximum Gasteiger partial charge on any atom is 0.317 e. The number of hydrogen-bond donors (Lipinski definition) is 1. The van der Waals surface area contributed by atoms with Gasteiger partial charge in [-0.3, -0.25) is 0 Å². The fourth-order valence-electron chi connectivity index (χ4n) is 2.86. The standard InChI is InChI=1S/C17H26N2O3/c1-5-6-12(2)18-17(20)19-8-7-13-9-15(21-3)16(22-4)10-14(13)11-19/h9-10,12H,5-8,11H2,1-4H3,(H,18,20)/t12-/m1/s1. The van der Waals surface area contributed by atoms with E-state index in [-0.39, 0.29) is 12.1 Å². The van der Waals surface area contributed by atoms with E-state index in [1.54, 1.807) is 14.2 Å². The molecule has 0 spiro atoms. The summed E-state index contributed by atoms with van der Waals surface area (Å²) in [6, 6.07) is 4.22. The molecule has 2 amide bonds. The Balaban J connectivity index is 2.09. The highest BCUT2D eigenvalue weighted by molar-refractivity contribution is 5.75. The molecule has 0 saturated carbocycles. The van der Waals surface area contributed by atoms with Crippen LogP contribution in [-0.2, 0) is 13.0 Å². The first-order valence-corrected chi connectivity index (χ1v) is 7.88. The van der Waals surface area contributed by atoms with Crippen LogP contribution in [0.1, 0.15) is 37.8 Å². The predicted octanol–water partition coefficient (Wildman–Crippen LogP) is 2.96. The van der Waals surface area contributed by atoms with Gasteiger partial charge >= 0.3 is 6.03 Å². The van der Waals surface area contributed by atoms with Gasteiger partial charge in [0.2, 0.25) is 0 Å². The molecule has 22 heavy (non-hydrogen) atoms. The van der Waals surface area contributed by atoms with Crippen molar-refractivity contribution in [2.45, 2.75) is 45.7 Å². The number of methoxy groups -OCH3 is 2. The predicted molar refractivity (Wildman–Crippen MR) is 86.6 cm³/mol. The van der Waals surface area contributed by atoms with Crippen LogP contribution in [0.15, 0.2) is 12.1 Å². The first-order valence-electron chi connectivity index (χ1n) is 7.88. The normalized spacial score (nSPS) is 15.0. The number of hydrogen-bond acceptors (Lipinski definition) is 3. The van der Waals surface area contributed by atoms with Gasteiger partial charge in [0.1, 0.15) is 0 Å². The maximum absolute atomic E-state index is 12.3. The molecule has 122 valence electrons. The number of nitrogens with zero attached hydrogens (tertiary/aromatic N) is 1. The largest absolute Gasteiger partial charge is 0.493 e. The van der Waals surface area contributed by atoms with Gasteiger partial charge in [-0.1, -0.05) is 13.3 Å². The lowest BCUT2D eigenvalue weighted by Gasteiger charge is -2.30. The Hall–Kier alpha value is -1.91. The summed E-state index contributed by atoms with van der Waals surface area (Å²) in [6.07, 6.45) is 2.91. The molecule has 1 aromatic rings. The summed E-state index contributed by atoms with van der Waals surface area (Å²) < 4.78 is 10.7. The third-order valence-electron chi connectivity index (χ3n) is 4.10. The zero-order valence-corrected chi connectivity index (χ0v) is 13.9. The molecule has 0 bridgehead atoms. The third-order valence-corrected chi connectivity index (χ3v) is 4.10. The number of rotatable bonds is 5. The minimum absolute atomic E-state index is 0.0152. The second-order valence-electron chi connectivity index (χ2n) is 5.79. The molecule has 0 aromatic heterocycles. The van der Waals surface area contributed by atoms with E-state index in [4.69, 9.17) is 9.47 Å². The van der Waals surface area contributed by atoms with Gasteiger partial charge in [0.15, 0.2) is 11.5 Å². The number of fused-ring (bicyclic) bond motifs is 1. The van der Waals surface area contributed by atoms with Gasteiger partial charge < -0.3 is 19.7 Å². The monoisotopic (exact) mass is 306 g/mol. The Morgan fingerprint density at radius 1 is 1.27 bits per heavy atom. The van der Waals surface area contributed by atoms with Crippen molar-refractivity contribution >= 4 is 6.03 Å². The van der Waals surface area contributed by atoms with Crippen LogP contribution in [0.3, 0.4) is 0 Å². The van der Waals surface area contributed by atoms with Crippen LogP contribution in [0.5, 0.6) is 11.5 Å². The SMILES string of the molecule is CCC[C@@H](C)NC(=O)N1CCc2cc(OC)c(OC)cc2C1. The Bertz CT molecular complexity index is 531. The molecule has 1 heterocycles. The Labute approximate surface area is 132 Å². The summed E-state index contributed by atoms with van der Waals surface area (Å²) in [5.41, 5.74) is 2.35. The molecule has 0 saturated heterocycles. The van der Waals surface area contributed by atoms with Crippen molar-refractivity contribution in [1.82, 2.24) is 10.2 Å².